The van der Waals surface area contributed by atoms with E-state index in [0.717, 1.165) is 18.4 Å². The first-order valence-corrected chi connectivity index (χ1v) is 7.97. The minimum atomic E-state index is 0.0406. The van der Waals surface area contributed by atoms with Crippen molar-refractivity contribution in [2.24, 2.45) is 0 Å². The van der Waals surface area contributed by atoms with Crippen molar-refractivity contribution in [3.05, 3.63) is 24.4 Å². The summed E-state index contributed by atoms with van der Waals surface area (Å²) >= 11 is 0. The maximum Gasteiger partial charge on any atom is 0.261 e. The molecule has 0 radical (unpaired) electrons. The first-order valence-electron chi connectivity index (χ1n) is 7.97. The summed E-state index contributed by atoms with van der Waals surface area (Å²) in [4.78, 5) is 18.8. The van der Waals surface area contributed by atoms with Gasteiger partial charge in [-0.05, 0) is 18.9 Å². The van der Waals surface area contributed by atoms with Crippen LogP contribution in [0.25, 0.3) is 11.5 Å². The Kier molecular flexibility index (Phi) is 3.44. The van der Waals surface area contributed by atoms with Crippen LogP contribution < -0.4 is 0 Å². The lowest BCUT2D eigenvalue weighted by Crippen LogP contribution is -2.37. The van der Waals surface area contributed by atoms with E-state index in [0.29, 0.717) is 30.7 Å². The molecule has 0 aromatic carbocycles. The molecule has 1 aliphatic carbocycles. The monoisotopic (exact) mass is 301 g/mol. The zero-order chi connectivity index (χ0) is 14.9. The van der Waals surface area contributed by atoms with E-state index in [1.54, 1.807) is 18.6 Å². The van der Waals surface area contributed by atoms with Crippen LogP contribution in [-0.4, -0.2) is 33.5 Å². The van der Waals surface area contributed by atoms with Crippen LogP contribution in [0.2, 0.25) is 0 Å². The quantitative estimate of drug-likeness (QED) is 0.871. The molecule has 116 valence electrons. The third-order valence-corrected chi connectivity index (χ3v) is 4.75. The van der Waals surface area contributed by atoms with Crippen LogP contribution in [0.1, 0.15) is 50.3 Å². The lowest BCUT2D eigenvalue weighted by atomic mass is 9.94. The smallest absolute Gasteiger partial charge is 0.261 e. The Balaban J connectivity index is 1.48. The van der Waals surface area contributed by atoms with Crippen LogP contribution >= 0.6 is 0 Å². The zero-order valence-electron chi connectivity index (χ0n) is 12.4. The van der Waals surface area contributed by atoms with Crippen LogP contribution in [0.4, 0.5) is 0 Å². The van der Waals surface area contributed by atoms with E-state index in [-0.39, 0.29) is 11.8 Å². The molecule has 6 nitrogen and oxygen atoms in total. The molecule has 2 aromatic rings. The maximum absolute atomic E-state index is 12.3. The van der Waals surface area contributed by atoms with Gasteiger partial charge in [0.25, 0.3) is 5.89 Å². The van der Waals surface area contributed by atoms with Crippen molar-refractivity contribution in [3.8, 4) is 11.5 Å². The van der Waals surface area contributed by atoms with Gasteiger partial charge in [-0.1, -0.05) is 24.4 Å². The van der Waals surface area contributed by atoms with Gasteiger partial charge in [0, 0.05) is 24.9 Å². The molecule has 1 amide bonds. The molecule has 2 aromatic heterocycles. The minimum Gasteiger partial charge on any atom is -0.472 e. The first kappa shape index (κ1) is 13.5. The molecule has 2 aliphatic rings. The Labute approximate surface area is 128 Å². The number of carbonyl (C=O) groups excluding carboxylic acids is 1. The molecule has 1 atom stereocenters. The largest absolute Gasteiger partial charge is 0.472 e. The molecule has 22 heavy (non-hydrogen) atoms. The Hall–Kier alpha value is -2.11. The summed E-state index contributed by atoms with van der Waals surface area (Å²) in [6, 6.07) is 2.19. The highest BCUT2D eigenvalue weighted by molar-refractivity contribution is 5.80. The van der Waals surface area contributed by atoms with Crippen molar-refractivity contribution in [2.75, 3.05) is 6.54 Å². The molecule has 2 fully saturated rings. The average molecular weight is 301 g/mol. The lowest BCUT2D eigenvalue weighted by molar-refractivity contribution is -0.130. The second-order valence-electron chi connectivity index (χ2n) is 6.21. The van der Waals surface area contributed by atoms with Crippen LogP contribution in [-0.2, 0) is 4.79 Å². The highest BCUT2D eigenvalue weighted by Crippen LogP contribution is 2.33. The number of likely N-dealkylation sites (tertiary alicyclic amines) is 1. The number of furan rings is 1. The molecule has 1 saturated carbocycles. The zero-order valence-corrected chi connectivity index (χ0v) is 12.4. The molecular weight excluding hydrogens is 282 g/mol. The van der Waals surface area contributed by atoms with Crippen LogP contribution in [0, 0.1) is 0 Å². The number of nitrogens with zero attached hydrogens (tertiary/aromatic N) is 3. The van der Waals surface area contributed by atoms with Gasteiger partial charge in [-0.2, -0.15) is 4.98 Å². The lowest BCUT2D eigenvalue weighted by Gasteiger charge is -2.31. The molecule has 0 bridgehead atoms. The van der Waals surface area contributed by atoms with Gasteiger partial charge in [0.2, 0.25) is 5.91 Å². The van der Waals surface area contributed by atoms with Crippen LogP contribution in [0.3, 0.4) is 0 Å². The van der Waals surface area contributed by atoms with Crippen molar-refractivity contribution in [3.63, 3.8) is 0 Å². The highest BCUT2D eigenvalue weighted by Gasteiger charge is 2.37. The fraction of sp³-hybridized carbons (Fsp3) is 0.562. The van der Waals surface area contributed by atoms with Crippen LogP contribution in [0.5, 0.6) is 0 Å². The molecule has 0 spiro atoms. The van der Waals surface area contributed by atoms with Gasteiger partial charge in [0.05, 0.1) is 11.8 Å². The van der Waals surface area contributed by atoms with Gasteiger partial charge in [-0.3, -0.25) is 4.79 Å². The number of hydrogen-bond donors (Lipinski definition) is 0. The van der Waals surface area contributed by atoms with E-state index in [1.165, 1.54) is 19.3 Å². The normalized spacial score (nSPS) is 23.4. The van der Waals surface area contributed by atoms with E-state index in [2.05, 4.69) is 10.1 Å². The molecule has 0 N–H and O–H groups in total. The van der Waals surface area contributed by atoms with Crippen molar-refractivity contribution in [1.29, 1.82) is 0 Å². The van der Waals surface area contributed by atoms with Gasteiger partial charge in [0.1, 0.15) is 6.26 Å². The Morgan fingerprint density at radius 3 is 2.86 bits per heavy atom. The van der Waals surface area contributed by atoms with E-state index >= 15 is 0 Å². The Bertz CT molecular complexity index is 643. The predicted octanol–water partition coefficient (Wildman–Crippen LogP) is 2.98. The minimum absolute atomic E-state index is 0.0406. The first-order chi connectivity index (χ1) is 10.8. The van der Waals surface area contributed by atoms with Gasteiger partial charge in [0.15, 0.2) is 5.82 Å². The van der Waals surface area contributed by atoms with Gasteiger partial charge < -0.3 is 13.8 Å². The van der Waals surface area contributed by atoms with Crippen molar-refractivity contribution in [2.45, 2.75) is 50.5 Å². The molecule has 4 rings (SSSR count). The second-order valence-corrected chi connectivity index (χ2v) is 6.21. The predicted molar refractivity (Wildman–Crippen MR) is 77.9 cm³/mol. The SMILES string of the molecule is O=C1CC(c2noc(-c3ccoc3)n2)CN1C1CCCCC1. The van der Waals surface area contributed by atoms with E-state index in [1.807, 2.05) is 4.90 Å². The fourth-order valence-electron chi connectivity index (χ4n) is 3.55. The fourth-order valence-corrected chi connectivity index (χ4v) is 3.55. The summed E-state index contributed by atoms with van der Waals surface area (Å²) in [5.41, 5.74) is 0.771. The second kappa shape index (κ2) is 5.59. The summed E-state index contributed by atoms with van der Waals surface area (Å²) in [5, 5.41) is 4.06. The summed E-state index contributed by atoms with van der Waals surface area (Å²) in [6.45, 7) is 0.716. The third kappa shape index (κ3) is 2.42. The van der Waals surface area contributed by atoms with E-state index < -0.39 is 0 Å². The highest BCUT2D eigenvalue weighted by atomic mass is 16.5. The number of hydrogen-bond acceptors (Lipinski definition) is 5. The topological polar surface area (TPSA) is 72.4 Å². The van der Waals surface area contributed by atoms with Gasteiger partial charge >= 0.3 is 0 Å². The molecule has 6 heteroatoms. The van der Waals surface area contributed by atoms with Gasteiger partial charge in [-0.25, -0.2) is 0 Å². The summed E-state index contributed by atoms with van der Waals surface area (Å²) in [5.74, 6) is 1.35. The molecular formula is C16H19N3O3. The number of aromatic nitrogens is 2. The standard InChI is InChI=1S/C16H19N3O3/c20-14-8-12(9-19(14)13-4-2-1-3-5-13)15-17-16(22-18-15)11-6-7-21-10-11/h6-7,10,12-13H,1-5,8-9H2. The molecule has 3 heterocycles. The van der Waals surface area contributed by atoms with Gasteiger partial charge in [-0.15, -0.1) is 0 Å². The Morgan fingerprint density at radius 1 is 1.23 bits per heavy atom. The average Bonchev–Trinajstić information content (AvgIpc) is 3.28. The maximum atomic E-state index is 12.3. The van der Waals surface area contributed by atoms with Crippen molar-refractivity contribution >= 4 is 5.91 Å². The summed E-state index contributed by atoms with van der Waals surface area (Å²) in [7, 11) is 0. The molecule has 1 unspecified atom stereocenters. The van der Waals surface area contributed by atoms with E-state index in [9.17, 15) is 4.79 Å². The number of rotatable bonds is 3. The van der Waals surface area contributed by atoms with Crippen molar-refractivity contribution in [1.82, 2.24) is 15.0 Å². The molecule has 1 aliphatic heterocycles. The van der Waals surface area contributed by atoms with Crippen molar-refractivity contribution < 1.29 is 13.7 Å². The van der Waals surface area contributed by atoms with Crippen LogP contribution in [0.15, 0.2) is 27.5 Å². The number of amides is 1. The number of carbonyl (C=O) groups is 1. The van der Waals surface area contributed by atoms with E-state index in [4.69, 9.17) is 8.94 Å². The molecule has 1 saturated heterocycles. The summed E-state index contributed by atoms with van der Waals surface area (Å²) < 4.78 is 10.3. The third-order valence-electron chi connectivity index (χ3n) is 4.75. The Morgan fingerprint density at radius 2 is 2.09 bits per heavy atom. The summed E-state index contributed by atoms with van der Waals surface area (Å²) in [6.07, 6.45) is 9.64.